The highest BCUT2D eigenvalue weighted by molar-refractivity contribution is 5.85. The Bertz CT molecular complexity index is 784. The van der Waals surface area contributed by atoms with Crippen molar-refractivity contribution in [2.24, 2.45) is 5.92 Å². The van der Waals surface area contributed by atoms with Crippen LogP contribution in [0.4, 0.5) is 0 Å². The van der Waals surface area contributed by atoms with Gasteiger partial charge >= 0.3 is 0 Å². The first kappa shape index (κ1) is 18.0. The van der Waals surface area contributed by atoms with Crippen molar-refractivity contribution < 1.29 is 20.1 Å². The summed E-state index contributed by atoms with van der Waals surface area (Å²) in [7, 11) is 0. The minimum Gasteiger partial charge on any atom is -0.504 e. The molecule has 2 unspecified atom stereocenters. The van der Waals surface area contributed by atoms with Crippen molar-refractivity contribution >= 4 is 12.4 Å². The minimum absolute atomic E-state index is 0. The lowest BCUT2D eigenvalue weighted by Crippen LogP contribution is -2.77. The average Bonchev–Trinajstić information content (AvgIpc) is 2.93. The van der Waals surface area contributed by atoms with Crippen LogP contribution >= 0.6 is 12.4 Å². The Balaban J connectivity index is 0.00000160. The number of hydrogen-bond donors (Lipinski definition) is 3. The summed E-state index contributed by atoms with van der Waals surface area (Å²) in [6.07, 6.45) is 5.68. The van der Waals surface area contributed by atoms with Crippen molar-refractivity contribution in [1.82, 2.24) is 4.90 Å². The Kier molecular flexibility index (Phi) is 3.85. The van der Waals surface area contributed by atoms with Gasteiger partial charge in [0.15, 0.2) is 11.5 Å². The third kappa shape index (κ3) is 2.01. The largest absolute Gasteiger partial charge is 0.504 e. The fourth-order valence-corrected chi connectivity index (χ4v) is 6.83. The van der Waals surface area contributed by atoms with Crippen LogP contribution in [0, 0.1) is 5.92 Å². The molecule has 1 aromatic carbocycles. The van der Waals surface area contributed by atoms with E-state index in [9.17, 15) is 15.3 Å². The molecule has 5 aliphatic rings. The number of benzene rings is 1. The quantitative estimate of drug-likeness (QED) is 0.717. The van der Waals surface area contributed by atoms with Gasteiger partial charge in [-0.2, -0.15) is 0 Å². The maximum absolute atomic E-state index is 12.1. The number of piperidine rings is 1. The normalized spacial score (nSPS) is 41.9. The number of likely N-dealkylation sites (tertiary alicyclic amines) is 1. The van der Waals surface area contributed by atoms with Crippen LogP contribution in [0.5, 0.6) is 11.5 Å². The van der Waals surface area contributed by atoms with Gasteiger partial charge in [0.2, 0.25) is 0 Å². The molecule has 2 bridgehead atoms. The number of aliphatic hydroxyl groups is 2. The second-order valence-electron chi connectivity index (χ2n) is 9.25. The van der Waals surface area contributed by atoms with E-state index in [0.29, 0.717) is 18.6 Å². The van der Waals surface area contributed by atoms with E-state index in [2.05, 4.69) is 4.90 Å². The Morgan fingerprint density at radius 1 is 1.19 bits per heavy atom. The number of ether oxygens (including phenoxy) is 1. The Labute approximate surface area is 165 Å². The zero-order valence-electron chi connectivity index (χ0n) is 15.4. The topological polar surface area (TPSA) is 73.2 Å². The SMILES string of the molecule is Cl.Oc1ccc2c3c1OC1C(O)CC[C@@]4(O)[C@@H](C2)N(CC2CCC2)CC[C@]314. The van der Waals surface area contributed by atoms with Crippen LogP contribution in [-0.4, -0.2) is 57.2 Å². The molecule has 1 spiro atoms. The Hall–Kier alpha value is -1.01. The van der Waals surface area contributed by atoms with Crippen LogP contribution in [0.25, 0.3) is 0 Å². The van der Waals surface area contributed by atoms with E-state index in [1.165, 1.54) is 24.8 Å². The second kappa shape index (κ2) is 5.76. The maximum Gasteiger partial charge on any atom is 0.165 e. The highest BCUT2D eigenvalue weighted by Gasteiger charge is 2.72. The van der Waals surface area contributed by atoms with E-state index in [0.717, 1.165) is 37.4 Å². The van der Waals surface area contributed by atoms with Crippen molar-refractivity contribution in [3.05, 3.63) is 23.3 Å². The molecule has 2 heterocycles. The molecule has 6 heteroatoms. The van der Waals surface area contributed by atoms with Gasteiger partial charge in [-0.1, -0.05) is 12.5 Å². The minimum atomic E-state index is -0.884. The predicted octanol–water partition coefficient (Wildman–Crippen LogP) is 2.13. The molecule has 0 aromatic heterocycles. The Morgan fingerprint density at radius 2 is 2.00 bits per heavy atom. The van der Waals surface area contributed by atoms with E-state index in [4.69, 9.17) is 4.74 Å². The van der Waals surface area contributed by atoms with Gasteiger partial charge in [0.1, 0.15) is 6.10 Å². The average molecular weight is 394 g/mol. The Morgan fingerprint density at radius 3 is 2.74 bits per heavy atom. The summed E-state index contributed by atoms with van der Waals surface area (Å²) < 4.78 is 6.16. The standard InChI is InChI=1S/C21H27NO4.ClH/c23-14-5-4-13-10-16-21(25)7-6-15(24)19-20(21,17(13)18(14)26-19)8-9-22(16)11-12-2-1-3-12;/h4-5,12,15-16,19,23-25H,1-3,6-11H2;1H/t15?,16-,19?,20+,21-;/m1./s1. The van der Waals surface area contributed by atoms with Gasteiger partial charge in [0, 0.05) is 18.2 Å². The molecule has 2 saturated carbocycles. The third-order valence-corrected chi connectivity index (χ3v) is 8.26. The van der Waals surface area contributed by atoms with Crippen molar-refractivity contribution in [3.63, 3.8) is 0 Å². The molecule has 3 fully saturated rings. The number of nitrogens with zero attached hydrogens (tertiary/aromatic N) is 1. The molecule has 5 nitrogen and oxygen atoms in total. The molecule has 0 amide bonds. The predicted molar refractivity (Wildman–Crippen MR) is 103 cm³/mol. The van der Waals surface area contributed by atoms with E-state index >= 15 is 0 Å². The maximum atomic E-state index is 12.1. The van der Waals surface area contributed by atoms with Gasteiger partial charge in [-0.05, 0) is 62.6 Å². The summed E-state index contributed by atoms with van der Waals surface area (Å²) in [5, 5.41) is 33.2. The number of rotatable bonds is 2. The van der Waals surface area contributed by atoms with Gasteiger partial charge in [0.25, 0.3) is 0 Å². The number of aromatic hydroxyl groups is 1. The fourth-order valence-electron chi connectivity index (χ4n) is 6.83. The van der Waals surface area contributed by atoms with Crippen LogP contribution in [0.15, 0.2) is 12.1 Å². The molecule has 2 aliphatic heterocycles. The first-order chi connectivity index (χ1) is 12.5. The van der Waals surface area contributed by atoms with Crippen LogP contribution in [0.3, 0.4) is 0 Å². The molecular weight excluding hydrogens is 366 g/mol. The molecule has 1 aromatic rings. The van der Waals surface area contributed by atoms with Gasteiger partial charge in [-0.3, -0.25) is 4.90 Å². The van der Waals surface area contributed by atoms with Gasteiger partial charge < -0.3 is 20.1 Å². The summed E-state index contributed by atoms with van der Waals surface area (Å²) in [6.45, 7) is 2.02. The molecule has 6 rings (SSSR count). The van der Waals surface area contributed by atoms with Crippen molar-refractivity contribution in [3.8, 4) is 11.5 Å². The van der Waals surface area contributed by atoms with Crippen LogP contribution < -0.4 is 4.74 Å². The summed E-state index contributed by atoms with van der Waals surface area (Å²) in [5.41, 5.74) is 0.712. The van der Waals surface area contributed by atoms with E-state index < -0.39 is 23.2 Å². The lowest BCUT2D eigenvalue weighted by Gasteiger charge is -2.64. The fraction of sp³-hybridized carbons (Fsp3) is 0.714. The van der Waals surface area contributed by atoms with Crippen LogP contribution in [0.1, 0.15) is 49.7 Å². The van der Waals surface area contributed by atoms with Gasteiger partial charge in [0.05, 0.1) is 17.1 Å². The molecular formula is C21H28ClNO4. The second-order valence-corrected chi connectivity index (χ2v) is 9.25. The molecule has 3 aliphatic carbocycles. The monoisotopic (exact) mass is 393 g/mol. The first-order valence-electron chi connectivity index (χ1n) is 10.2. The summed E-state index contributed by atoms with van der Waals surface area (Å²) >= 11 is 0. The number of halogens is 1. The summed E-state index contributed by atoms with van der Waals surface area (Å²) in [6, 6.07) is 3.80. The molecule has 1 saturated heterocycles. The van der Waals surface area contributed by atoms with Crippen LogP contribution in [0.2, 0.25) is 0 Å². The molecule has 3 N–H and O–H groups in total. The smallest absolute Gasteiger partial charge is 0.165 e. The number of hydrogen-bond acceptors (Lipinski definition) is 5. The number of aliphatic hydroxyl groups excluding tert-OH is 1. The number of phenols is 1. The number of phenolic OH excluding ortho intramolecular Hbond substituents is 1. The van der Waals surface area contributed by atoms with Crippen molar-refractivity contribution in [2.75, 3.05) is 13.1 Å². The molecule has 148 valence electrons. The van der Waals surface area contributed by atoms with Gasteiger partial charge in [-0.15, -0.1) is 12.4 Å². The van der Waals surface area contributed by atoms with Crippen LogP contribution in [-0.2, 0) is 11.8 Å². The van der Waals surface area contributed by atoms with E-state index in [-0.39, 0.29) is 24.2 Å². The lowest BCUT2D eigenvalue weighted by atomic mass is 9.48. The van der Waals surface area contributed by atoms with Gasteiger partial charge in [-0.25, -0.2) is 0 Å². The van der Waals surface area contributed by atoms with E-state index in [1.54, 1.807) is 6.07 Å². The third-order valence-electron chi connectivity index (χ3n) is 8.26. The molecule has 27 heavy (non-hydrogen) atoms. The molecule has 5 atom stereocenters. The molecule has 0 radical (unpaired) electrons. The van der Waals surface area contributed by atoms with E-state index in [1.807, 2.05) is 6.07 Å². The van der Waals surface area contributed by atoms with Crippen molar-refractivity contribution in [1.29, 1.82) is 0 Å². The highest BCUT2D eigenvalue weighted by atomic mass is 35.5. The lowest BCUT2D eigenvalue weighted by molar-refractivity contribution is -0.209. The zero-order chi connectivity index (χ0) is 17.7. The highest BCUT2D eigenvalue weighted by Crippen LogP contribution is 2.65. The first-order valence-corrected chi connectivity index (χ1v) is 10.2. The summed E-state index contributed by atoms with van der Waals surface area (Å²) in [5.74, 6) is 1.42. The summed E-state index contributed by atoms with van der Waals surface area (Å²) in [4.78, 5) is 2.53. The van der Waals surface area contributed by atoms with Crippen molar-refractivity contribution in [2.45, 2.75) is 74.2 Å². The zero-order valence-corrected chi connectivity index (χ0v) is 16.2.